The molecule has 0 radical (unpaired) electrons. The molecule has 0 aromatic heterocycles. The van der Waals surface area contributed by atoms with Crippen molar-refractivity contribution in [2.45, 2.75) is 26.7 Å². The third-order valence-electron chi connectivity index (χ3n) is 1.82. The second-order valence-corrected chi connectivity index (χ2v) is 3.22. The van der Waals surface area contributed by atoms with Crippen LogP contribution in [0.4, 0.5) is 0 Å². The molecule has 3 heteroatoms. The summed E-state index contributed by atoms with van der Waals surface area (Å²) in [6.45, 7) is 8.36. The van der Waals surface area contributed by atoms with Gasteiger partial charge in [-0.25, -0.2) is 0 Å². The summed E-state index contributed by atoms with van der Waals surface area (Å²) in [5.41, 5.74) is 0. The van der Waals surface area contributed by atoms with Crippen molar-refractivity contribution in [2.24, 2.45) is 0 Å². The maximum Gasteiger partial charge on any atom is 0.0362 e. The molecule has 0 bridgehead atoms. The van der Waals surface area contributed by atoms with E-state index in [0.29, 0.717) is 0 Å². The fourth-order valence-corrected chi connectivity index (χ4v) is 1.25. The zero-order valence-corrected chi connectivity index (χ0v) is 8.58. The average molecular weight is 174 g/mol. The molecule has 3 nitrogen and oxygen atoms in total. The first-order valence-corrected chi connectivity index (χ1v) is 4.83. The van der Waals surface area contributed by atoms with Gasteiger partial charge in [-0.3, -0.25) is 0 Å². The van der Waals surface area contributed by atoms with Gasteiger partial charge in [-0.1, -0.05) is 13.8 Å². The van der Waals surface area contributed by atoms with Crippen LogP contribution in [0.5, 0.6) is 0 Å². The molecule has 0 aromatic carbocycles. The molecule has 0 spiro atoms. The lowest BCUT2D eigenvalue weighted by Crippen LogP contribution is -2.33. The molecule has 0 aliphatic carbocycles. The number of hydrogen-bond acceptors (Lipinski definition) is 3. The zero-order chi connectivity index (χ0) is 9.40. The van der Waals surface area contributed by atoms with E-state index in [1.807, 2.05) is 0 Å². The van der Waals surface area contributed by atoms with Gasteiger partial charge in [0, 0.05) is 20.1 Å². The Labute approximate surface area is 75.9 Å². The summed E-state index contributed by atoms with van der Waals surface area (Å²) in [6, 6.07) is 0. The molecule has 0 aliphatic heterocycles. The first-order valence-electron chi connectivity index (χ1n) is 4.83. The predicted molar refractivity (Wildman–Crippen MR) is 51.4 cm³/mol. The quantitative estimate of drug-likeness (QED) is 0.591. The maximum atomic E-state index is 8.94. The molecule has 0 saturated heterocycles. The summed E-state index contributed by atoms with van der Waals surface area (Å²) in [5, 5.41) is 10.2. The van der Waals surface area contributed by atoms with E-state index in [0.717, 1.165) is 26.2 Å². The van der Waals surface area contributed by atoms with Gasteiger partial charge in [0.25, 0.3) is 0 Å². The molecule has 1 N–H and O–H groups in total. The fraction of sp³-hybridized carbons (Fsp3) is 1.00. The molecule has 0 aromatic rings. The first kappa shape index (κ1) is 11.9. The summed E-state index contributed by atoms with van der Waals surface area (Å²) in [6.07, 6.45) is 2.38. The number of hydroxylamine groups is 2. The van der Waals surface area contributed by atoms with Gasteiger partial charge in [0.05, 0.1) is 0 Å². The van der Waals surface area contributed by atoms with Crippen molar-refractivity contribution in [3.63, 3.8) is 0 Å². The van der Waals surface area contributed by atoms with Gasteiger partial charge in [-0.05, 0) is 25.9 Å². The van der Waals surface area contributed by atoms with E-state index < -0.39 is 0 Å². The Bertz CT molecular complexity index is 90.5. The van der Waals surface area contributed by atoms with Crippen molar-refractivity contribution in [1.29, 1.82) is 0 Å². The van der Waals surface area contributed by atoms with E-state index in [4.69, 9.17) is 5.21 Å². The number of rotatable bonds is 7. The molecule has 0 amide bonds. The van der Waals surface area contributed by atoms with Crippen molar-refractivity contribution < 1.29 is 5.21 Å². The highest BCUT2D eigenvalue weighted by Crippen LogP contribution is 1.93. The van der Waals surface area contributed by atoms with Crippen LogP contribution in [0, 0.1) is 0 Å². The van der Waals surface area contributed by atoms with Crippen LogP contribution in [0.1, 0.15) is 26.7 Å². The minimum absolute atomic E-state index is 0.736. The Morgan fingerprint density at radius 2 is 1.42 bits per heavy atom. The molecular weight excluding hydrogens is 152 g/mol. The van der Waals surface area contributed by atoms with Gasteiger partial charge in [0.15, 0.2) is 0 Å². The minimum atomic E-state index is 0.736. The van der Waals surface area contributed by atoms with E-state index in [1.165, 1.54) is 17.9 Å². The zero-order valence-electron chi connectivity index (χ0n) is 8.58. The Morgan fingerprint density at radius 3 is 1.75 bits per heavy atom. The summed E-state index contributed by atoms with van der Waals surface area (Å²) < 4.78 is 0. The van der Waals surface area contributed by atoms with Crippen LogP contribution < -0.4 is 0 Å². The number of nitrogens with zero attached hydrogens (tertiary/aromatic N) is 2. The van der Waals surface area contributed by atoms with Gasteiger partial charge >= 0.3 is 0 Å². The minimum Gasteiger partial charge on any atom is -0.314 e. The Hall–Kier alpha value is -0.120. The molecule has 0 heterocycles. The highest BCUT2D eigenvalue weighted by molar-refractivity contribution is 4.56. The highest BCUT2D eigenvalue weighted by Gasteiger charge is 2.02. The standard InChI is InChI=1S/C9H22N2O/c1-4-6-11(7-5-2)9-8-10(3)12/h12H,4-9H2,1-3H3. The second-order valence-electron chi connectivity index (χ2n) is 3.22. The van der Waals surface area contributed by atoms with E-state index in [-0.39, 0.29) is 0 Å². The van der Waals surface area contributed by atoms with Crippen molar-refractivity contribution in [1.82, 2.24) is 9.96 Å². The fourth-order valence-electron chi connectivity index (χ4n) is 1.25. The van der Waals surface area contributed by atoms with E-state index in [1.54, 1.807) is 7.05 Å². The van der Waals surface area contributed by atoms with Crippen LogP contribution in [0.3, 0.4) is 0 Å². The summed E-state index contributed by atoms with van der Waals surface area (Å²) in [5.74, 6) is 0. The third kappa shape index (κ3) is 6.58. The Balaban J connectivity index is 3.48. The molecule has 12 heavy (non-hydrogen) atoms. The first-order chi connectivity index (χ1) is 5.70. The topological polar surface area (TPSA) is 26.7 Å². The molecule has 0 unspecified atom stereocenters. The van der Waals surface area contributed by atoms with E-state index >= 15 is 0 Å². The highest BCUT2D eigenvalue weighted by atomic mass is 16.5. The third-order valence-corrected chi connectivity index (χ3v) is 1.82. The van der Waals surface area contributed by atoms with Crippen molar-refractivity contribution >= 4 is 0 Å². The van der Waals surface area contributed by atoms with Crippen molar-refractivity contribution in [3.05, 3.63) is 0 Å². The van der Waals surface area contributed by atoms with Gasteiger partial charge in [0.2, 0.25) is 0 Å². The van der Waals surface area contributed by atoms with Gasteiger partial charge in [0.1, 0.15) is 0 Å². The Kier molecular flexibility index (Phi) is 7.45. The van der Waals surface area contributed by atoms with Crippen LogP contribution in [-0.2, 0) is 0 Å². The lowest BCUT2D eigenvalue weighted by molar-refractivity contribution is -0.0694. The largest absolute Gasteiger partial charge is 0.314 e. The molecule has 74 valence electrons. The molecule has 0 fully saturated rings. The average Bonchev–Trinajstić information content (AvgIpc) is 2.01. The smallest absolute Gasteiger partial charge is 0.0362 e. The molecule has 0 atom stereocenters. The van der Waals surface area contributed by atoms with Gasteiger partial charge in [-0.15, -0.1) is 0 Å². The van der Waals surface area contributed by atoms with Crippen molar-refractivity contribution in [3.8, 4) is 0 Å². The molecule has 0 saturated carbocycles. The SMILES string of the molecule is CCCN(CCC)CCN(C)O. The molecular formula is C9H22N2O. The lowest BCUT2D eigenvalue weighted by Gasteiger charge is -2.21. The van der Waals surface area contributed by atoms with Crippen LogP contribution in [-0.4, -0.2) is 48.4 Å². The number of hydrogen-bond donors (Lipinski definition) is 1. The van der Waals surface area contributed by atoms with Crippen LogP contribution in [0.25, 0.3) is 0 Å². The van der Waals surface area contributed by atoms with Gasteiger partial charge < -0.3 is 10.1 Å². The van der Waals surface area contributed by atoms with E-state index in [2.05, 4.69) is 18.7 Å². The number of likely N-dealkylation sites (N-methyl/N-ethyl adjacent to an activating group) is 1. The lowest BCUT2D eigenvalue weighted by atomic mass is 10.3. The second kappa shape index (κ2) is 7.53. The predicted octanol–water partition coefficient (Wildman–Crippen LogP) is 1.43. The summed E-state index contributed by atoms with van der Waals surface area (Å²) in [4.78, 5) is 2.38. The van der Waals surface area contributed by atoms with Crippen LogP contribution >= 0.6 is 0 Å². The normalized spacial score (nSPS) is 11.5. The van der Waals surface area contributed by atoms with E-state index in [9.17, 15) is 0 Å². The maximum absolute atomic E-state index is 8.94. The van der Waals surface area contributed by atoms with Crippen molar-refractivity contribution in [2.75, 3.05) is 33.2 Å². The molecule has 0 aliphatic rings. The van der Waals surface area contributed by atoms with Crippen LogP contribution in [0.15, 0.2) is 0 Å². The van der Waals surface area contributed by atoms with Crippen LogP contribution in [0.2, 0.25) is 0 Å². The monoisotopic (exact) mass is 174 g/mol. The van der Waals surface area contributed by atoms with Gasteiger partial charge in [-0.2, -0.15) is 5.06 Å². The molecule has 0 rings (SSSR count). The summed E-state index contributed by atoms with van der Waals surface area (Å²) >= 11 is 0. The Morgan fingerprint density at radius 1 is 0.917 bits per heavy atom. The summed E-state index contributed by atoms with van der Waals surface area (Å²) in [7, 11) is 1.69.